The third kappa shape index (κ3) is 4.76. The number of fused-ring (bicyclic) bond motifs is 1. The molecule has 1 spiro atoms. The second kappa shape index (κ2) is 11.5. The summed E-state index contributed by atoms with van der Waals surface area (Å²) in [7, 11) is 1.58. The smallest absolute Gasteiger partial charge is 0.313 e. The Bertz CT molecular complexity index is 1110. The SMILES string of the molecule is C=CCOC(=O)[C@@H]1[C@H]2C(=O)N(CCCCCO)C(C(=O)N(CC=C)c3ccc(OC)cc3)C23CC(C)[C@@]1(C)O3. The molecule has 3 heterocycles. The van der Waals surface area contributed by atoms with Gasteiger partial charge in [0.05, 0.1) is 18.6 Å². The first-order valence-corrected chi connectivity index (χ1v) is 13.7. The summed E-state index contributed by atoms with van der Waals surface area (Å²) in [6, 6.07) is 6.22. The van der Waals surface area contributed by atoms with Crippen LogP contribution in [0.15, 0.2) is 49.6 Å². The first-order valence-electron chi connectivity index (χ1n) is 13.7. The van der Waals surface area contributed by atoms with Crippen molar-refractivity contribution in [1.82, 2.24) is 4.90 Å². The fourth-order valence-corrected chi connectivity index (χ4v) is 6.78. The van der Waals surface area contributed by atoms with Crippen molar-refractivity contribution in [1.29, 1.82) is 0 Å². The Morgan fingerprint density at radius 1 is 1.21 bits per heavy atom. The number of carbonyl (C=O) groups is 3. The van der Waals surface area contributed by atoms with Gasteiger partial charge in [-0.3, -0.25) is 14.4 Å². The highest BCUT2D eigenvalue weighted by molar-refractivity contribution is 6.04. The van der Waals surface area contributed by atoms with Gasteiger partial charge in [0, 0.05) is 25.4 Å². The molecule has 4 rings (SSSR count). The number of methoxy groups -OCH3 is 1. The molecule has 3 saturated heterocycles. The minimum Gasteiger partial charge on any atom is -0.497 e. The topological polar surface area (TPSA) is 106 Å². The number of benzene rings is 1. The molecule has 3 fully saturated rings. The summed E-state index contributed by atoms with van der Waals surface area (Å²) in [5.74, 6) is -2.14. The lowest BCUT2D eigenvalue weighted by Gasteiger charge is -2.37. The number of unbranched alkanes of at least 4 members (excludes halogenated alkanes) is 2. The lowest BCUT2D eigenvalue weighted by atomic mass is 9.62. The number of anilines is 1. The Morgan fingerprint density at radius 3 is 2.54 bits per heavy atom. The van der Waals surface area contributed by atoms with Gasteiger partial charge in [0.2, 0.25) is 5.91 Å². The van der Waals surface area contributed by atoms with Crippen LogP contribution in [0.3, 0.4) is 0 Å². The van der Waals surface area contributed by atoms with Crippen LogP contribution < -0.4 is 9.64 Å². The summed E-state index contributed by atoms with van der Waals surface area (Å²) >= 11 is 0. The number of hydrogen-bond donors (Lipinski definition) is 1. The van der Waals surface area contributed by atoms with Crippen LogP contribution in [-0.2, 0) is 23.9 Å². The van der Waals surface area contributed by atoms with E-state index < -0.39 is 35.0 Å². The van der Waals surface area contributed by atoms with Crippen LogP contribution in [0, 0.1) is 17.8 Å². The zero-order valence-electron chi connectivity index (χ0n) is 23.1. The van der Waals surface area contributed by atoms with Crippen LogP contribution >= 0.6 is 0 Å². The number of nitrogens with zero attached hydrogens (tertiary/aromatic N) is 2. The van der Waals surface area contributed by atoms with E-state index >= 15 is 0 Å². The van der Waals surface area contributed by atoms with Gasteiger partial charge in [0.15, 0.2) is 0 Å². The van der Waals surface area contributed by atoms with Crippen molar-refractivity contribution in [2.24, 2.45) is 17.8 Å². The van der Waals surface area contributed by atoms with Crippen molar-refractivity contribution in [2.45, 2.75) is 56.8 Å². The number of likely N-dealkylation sites (tertiary alicyclic amines) is 1. The Morgan fingerprint density at radius 2 is 1.92 bits per heavy atom. The van der Waals surface area contributed by atoms with Gasteiger partial charge in [0.25, 0.3) is 5.91 Å². The monoisotopic (exact) mass is 540 g/mol. The van der Waals surface area contributed by atoms with Crippen molar-refractivity contribution in [3.63, 3.8) is 0 Å². The predicted octanol–water partition coefficient (Wildman–Crippen LogP) is 3.12. The van der Waals surface area contributed by atoms with Crippen LogP contribution in [0.4, 0.5) is 5.69 Å². The van der Waals surface area contributed by atoms with Crippen molar-refractivity contribution in [3.05, 3.63) is 49.6 Å². The molecule has 3 aliphatic heterocycles. The number of esters is 1. The maximum atomic E-state index is 14.5. The van der Waals surface area contributed by atoms with Crippen LogP contribution in [0.5, 0.6) is 5.75 Å². The Balaban J connectivity index is 1.77. The summed E-state index contributed by atoms with van der Waals surface area (Å²) < 4.78 is 17.5. The molecule has 1 N–H and O–H groups in total. The summed E-state index contributed by atoms with van der Waals surface area (Å²) in [4.78, 5) is 45.2. The van der Waals surface area contributed by atoms with E-state index in [9.17, 15) is 19.5 Å². The number of amides is 2. The molecular weight excluding hydrogens is 500 g/mol. The molecular formula is C30H40N2O7. The van der Waals surface area contributed by atoms with Crippen molar-refractivity contribution in [3.8, 4) is 5.75 Å². The lowest BCUT2D eigenvalue weighted by Crippen LogP contribution is -2.57. The Hall–Kier alpha value is -3.17. The second-order valence-electron chi connectivity index (χ2n) is 10.9. The van der Waals surface area contributed by atoms with Crippen LogP contribution in [0.1, 0.15) is 39.5 Å². The normalized spacial score (nSPS) is 30.7. The van der Waals surface area contributed by atoms with Crippen molar-refractivity contribution >= 4 is 23.5 Å². The highest BCUT2D eigenvalue weighted by Crippen LogP contribution is 2.65. The van der Waals surface area contributed by atoms with E-state index in [0.717, 1.165) is 0 Å². The van der Waals surface area contributed by atoms with E-state index in [-0.39, 0.29) is 37.5 Å². The fraction of sp³-hybridized carbons (Fsp3) is 0.567. The fourth-order valence-electron chi connectivity index (χ4n) is 6.78. The molecule has 9 heteroatoms. The van der Waals surface area contributed by atoms with Gasteiger partial charge >= 0.3 is 5.97 Å². The Labute approximate surface area is 230 Å². The minimum absolute atomic E-state index is 0.0333. The first kappa shape index (κ1) is 28.8. The summed E-state index contributed by atoms with van der Waals surface area (Å²) in [5, 5.41) is 9.25. The first-order chi connectivity index (χ1) is 18.7. The van der Waals surface area contributed by atoms with Gasteiger partial charge in [-0.25, -0.2) is 0 Å². The van der Waals surface area contributed by atoms with Gasteiger partial charge in [-0.05, 0) is 62.8 Å². The third-order valence-electron chi connectivity index (χ3n) is 8.66. The van der Waals surface area contributed by atoms with Gasteiger partial charge in [-0.15, -0.1) is 6.58 Å². The molecule has 0 aliphatic carbocycles. The molecule has 0 saturated carbocycles. The molecule has 212 valence electrons. The maximum absolute atomic E-state index is 14.5. The van der Waals surface area contributed by atoms with Gasteiger partial charge in [0.1, 0.15) is 29.9 Å². The van der Waals surface area contributed by atoms with E-state index in [1.165, 1.54) is 6.08 Å². The molecule has 3 aliphatic rings. The molecule has 6 atom stereocenters. The molecule has 39 heavy (non-hydrogen) atoms. The van der Waals surface area contributed by atoms with E-state index in [1.807, 2.05) is 13.8 Å². The highest BCUT2D eigenvalue weighted by atomic mass is 16.6. The maximum Gasteiger partial charge on any atom is 0.313 e. The van der Waals surface area contributed by atoms with Gasteiger partial charge in [-0.1, -0.05) is 25.7 Å². The Kier molecular flexibility index (Phi) is 8.51. The van der Waals surface area contributed by atoms with Gasteiger partial charge < -0.3 is 29.1 Å². The molecule has 2 bridgehead atoms. The predicted molar refractivity (Wildman–Crippen MR) is 146 cm³/mol. The largest absolute Gasteiger partial charge is 0.497 e. The number of carbonyl (C=O) groups excluding carboxylic acids is 3. The zero-order valence-corrected chi connectivity index (χ0v) is 23.1. The molecule has 1 aromatic rings. The number of aliphatic hydroxyl groups excluding tert-OH is 1. The quantitative estimate of drug-likeness (QED) is 0.233. The minimum atomic E-state index is -1.16. The molecule has 1 aromatic carbocycles. The molecule has 3 unspecified atom stereocenters. The number of ether oxygens (including phenoxy) is 3. The molecule has 2 amide bonds. The third-order valence-corrected chi connectivity index (χ3v) is 8.66. The average molecular weight is 541 g/mol. The summed E-state index contributed by atoms with van der Waals surface area (Å²) in [6.07, 6.45) is 5.53. The van der Waals surface area contributed by atoms with E-state index in [4.69, 9.17) is 14.2 Å². The standard InChI is InChI=1S/C30H40N2O7/c1-6-15-31(21-11-13-22(37-5)14-12-21)27(35)25-30-19-20(3)29(4,39-30)24(28(36)38-18-7-2)23(30)26(34)32(25)16-9-8-10-17-33/h6-7,11-14,20,23-25,33H,1-2,8-10,15-19H2,3-5H3/t20?,23-,24-,25?,29+,30?/m0/s1. The second-order valence-corrected chi connectivity index (χ2v) is 10.9. The number of hydrogen-bond acceptors (Lipinski definition) is 7. The summed E-state index contributed by atoms with van der Waals surface area (Å²) in [5.41, 5.74) is -1.46. The zero-order chi connectivity index (χ0) is 28.4. The van der Waals surface area contributed by atoms with Gasteiger partial charge in [-0.2, -0.15) is 0 Å². The van der Waals surface area contributed by atoms with E-state index in [1.54, 1.807) is 47.3 Å². The molecule has 0 aromatic heterocycles. The highest BCUT2D eigenvalue weighted by Gasteiger charge is 2.80. The van der Waals surface area contributed by atoms with Crippen LogP contribution in [0.2, 0.25) is 0 Å². The number of rotatable bonds is 13. The molecule has 0 radical (unpaired) electrons. The average Bonchev–Trinajstić information content (AvgIpc) is 3.44. The van der Waals surface area contributed by atoms with Crippen LogP contribution in [-0.4, -0.2) is 78.4 Å². The molecule has 9 nitrogen and oxygen atoms in total. The van der Waals surface area contributed by atoms with Crippen LogP contribution in [0.25, 0.3) is 0 Å². The van der Waals surface area contributed by atoms with Crippen molar-refractivity contribution in [2.75, 3.05) is 38.3 Å². The van der Waals surface area contributed by atoms with Crippen molar-refractivity contribution < 1.29 is 33.7 Å². The number of aliphatic hydroxyl groups is 1. The van der Waals surface area contributed by atoms with E-state index in [0.29, 0.717) is 43.7 Å². The van der Waals surface area contributed by atoms with E-state index in [2.05, 4.69) is 13.2 Å². The lowest BCUT2D eigenvalue weighted by molar-refractivity contribution is -0.160. The summed E-state index contributed by atoms with van der Waals surface area (Å²) in [6.45, 7) is 12.0.